The number of unbranched alkanes of at least 4 members (excludes halogenated alkanes) is 2. The summed E-state index contributed by atoms with van der Waals surface area (Å²) in [6.07, 6.45) is 4.99. The summed E-state index contributed by atoms with van der Waals surface area (Å²) in [5, 5.41) is 15.6. The number of halogens is 1. The summed E-state index contributed by atoms with van der Waals surface area (Å²) >= 11 is 0. The zero-order valence-corrected chi connectivity index (χ0v) is 15.2. The maximum atomic E-state index is 8.99. The third kappa shape index (κ3) is 12.7. The fraction of sp³-hybridized carbons (Fsp3) is 0.929. The quantitative estimate of drug-likeness (QED) is 0.248. The molecule has 0 aliphatic carbocycles. The molecule has 0 aromatic rings. The van der Waals surface area contributed by atoms with E-state index in [4.69, 9.17) is 5.11 Å². The molecule has 0 spiro atoms. The van der Waals surface area contributed by atoms with Crippen molar-refractivity contribution < 1.29 is 5.11 Å². The molecule has 0 aromatic carbocycles. The van der Waals surface area contributed by atoms with Crippen LogP contribution >= 0.6 is 24.0 Å². The van der Waals surface area contributed by atoms with Crippen molar-refractivity contribution in [3.63, 3.8) is 0 Å². The maximum absolute atomic E-state index is 8.99. The normalized spacial score (nSPS) is 14.5. The van der Waals surface area contributed by atoms with Crippen LogP contribution in [0.4, 0.5) is 0 Å². The number of rotatable bonds is 9. The van der Waals surface area contributed by atoms with Crippen molar-refractivity contribution in [3.05, 3.63) is 0 Å². The number of hydrogen-bond donors (Lipinski definition) is 3. The molecule has 0 aliphatic rings. The van der Waals surface area contributed by atoms with Crippen molar-refractivity contribution in [2.45, 2.75) is 59.4 Å². The van der Waals surface area contributed by atoms with E-state index in [9.17, 15) is 0 Å². The van der Waals surface area contributed by atoms with E-state index in [1.54, 1.807) is 0 Å². The van der Waals surface area contributed by atoms with Gasteiger partial charge in [-0.2, -0.15) is 0 Å². The van der Waals surface area contributed by atoms with E-state index in [-0.39, 0.29) is 36.5 Å². The highest BCUT2D eigenvalue weighted by Crippen LogP contribution is 2.02. The molecule has 4 nitrogen and oxygen atoms in total. The first kappa shape index (κ1) is 21.3. The highest BCUT2D eigenvalue weighted by Gasteiger charge is 2.05. The van der Waals surface area contributed by atoms with E-state index in [0.717, 1.165) is 12.5 Å². The second-order valence-electron chi connectivity index (χ2n) is 5.05. The SMILES string of the molecule is CCCCCC(C)NC(=NCC(C)CO)NCC.I. The van der Waals surface area contributed by atoms with Crippen LogP contribution in [0.3, 0.4) is 0 Å². The lowest BCUT2D eigenvalue weighted by Crippen LogP contribution is -2.42. The monoisotopic (exact) mass is 385 g/mol. The lowest BCUT2D eigenvalue weighted by molar-refractivity contribution is 0.241. The number of guanidine groups is 1. The van der Waals surface area contributed by atoms with Gasteiger partial charge in [-0.25, -0.2) is 0 Å². The van der Waals surface area contributed by atoms with E-state index in [1.807, 2.05) is 6.92 Å². The third-order valence-corrected chi connectivity index (χ3v) is 2.84. The molecular formula is C14H32IN3O. The van der Waals surface area contributed by atoms with Crippen molar-refractivity contribution in [3.8, 4) is 0 Å². The van der Waals surface area contributed by atoms with E-state index in [0.29, 0.717) is 12.6 Å². The van der Waals surface area contributed by atoms with Crippen molar-refractivity contribution in [2.75, 3.05) is 19.7 Å². The summed E-state index contributed by atoms with van der Waals surface area (Å²) < 4.78 is 0. The Labute approximate surface area is 135 Å². The molecular weight excluding hydrogens is 353 g/mol. The standard InChI is InChI=1S/C14H31N3O.HI/c1-5-7-8-9-13(4)17-14(15-6-2)16-10-12(3)11-18;/h12-13,18H,5-11H2,1-4H3,(H2,15,16,17);1H. The Kier molecular flexibility index (Phi) is 16.1. The molecule has 0 radical (unpaired) electrons. The van der Waals surface area contributed by atoms with Gasteiger partial charge in [0.15, 0.2) is 5.96 Å². The first-order valence-electron chi connectivity index (χ1n) is 7.29. The lowest BCUT2D eigenvalue weighted by atomic mass is 10.1. The molecule has 116 valence electrons. The van der Waals surface area contributed by atoms with Gasteiger partial charge < -0.3 is 15.7 Å². The van der Waals surface area contributed by atoms with Gasteiger partial charge in [-0.3, -0.25) is 4.99 Å². The Morgan fingerprint density at radius 3 is 2.42 bits per heavy atom. The average Bonchev–Trinajstić information content (AvgIpc) is 2.36. The Bertz CT molecular complexity index is 225. The number of aliphatic hydroxyl groups excluding tert-OH is 1. The van der Waals surface area contributed by atoms with Gasteiger partial charge in [-0.05, 0) is 26.2 Å². The number of nitrogens with one attached hydrogen (secondary N) is 2. The second kappa shape index (κ2) is 14.4. The highest BCUT2D eigenvalue weighted by molar-refractivity contribution is 14.0. The van der Waals surface area contributed by atoms with Gasteiger partial charge in [-0.1, -0.05) is 33.1 Å². The van der Waals surface area contributed by atoms with Gasteiger partial charge in [0.2, 0.25) is 0 Å². The third-order valence-electron chi connectivity index (χ3n) is 2.84. The number of aliphatic hydroxyl groups is 1. The lowest BCUT2D eigenvalue weighted by Gasteiger charge is -2.18. The van der Waals surface area contributed by atoms with Crippen LogP contribution in [0, 0.1) is 5.92 Å². The summed E-state index contributed by atoms with van der Waals surface area (Å²) in [6.45, 7) is 10.2. The molecule has 0 aromatic heterocycles. The summed E-state index contributed by atoms with van der Waals surface area (Å²) in [5.41, 5.74) is 0. The van der Waals surface area contributed by atoms with Gasteiger partial charge in [0, 0.05) is 25.7 Å². The topological polar surface area (TPSA) is 56.7 Å². The van der Waals surface area contributed by atoms with Crippen LogP contribution in [-0.4, -0.2) is 36.8 Å². The molecule has 0 bridgehead atoms. The zero-order valence-electron chi connectivity index (χ0n) is 12.9. The minimum Gasteiger partial charge on any atom is -0.396 e. The fourth-order valence-electron chi connectivity index (χ4n) is 1.63. The molecule has 2 unspecified atom stereocenters. The van der Waals surface area contributed by atoms with Crippen molar-refractivity contribution in [1.29, 1.82) is 0 Å². The van der Waals surface area contributed by atoms with Gasteiger partial charge in [-0.15, -0.1) is 24.0 Å². The zero-order chi connectivity index (χ0) is 13.8. The summed E-state index contributed by atoms with van der Waals surface area (Å²) in [6, 6.07) is 0.443. The number of aliphatic imine (C=N–C) groups is 1. The highest BCUT2D eigenvalue weighted by atomic mass is 127. The van der Waals surface area contributed by atoms with Crippen LogP contribution in [0.5, 0.6) is 0 Å². The molecule has 2 atom stereocenters. The van der Waals surface area contributed by atoms with Gasteiger partial charge in [0.1, 0.15) is 0 Å². The molecule has 3 N–H and O–H groups in total. The molecule has 0 saturated carbocycles. The molecule has 0 saturated heterocycles. The van der Waals surface area contributed by atoms with Gasteiger partial charge in [0.05, 0.1) is 0 Å². The minimum atomic E-state index is 0. The van der Waals surface area contributed by atoms with E-state index in [1.165, 1.54) is 25.7 Å². The van der Waals surface area contributed by atoms with Crippen molar-refractivity contribution >= 4 is 29.9 Å². The Hall–Kier alpha value is -0.0400. The average molecular weight is 385 g/mol. The number of nitrogens with zero attached hydrogens (tertiary/aromatic N) is 1. The molecule has 0 rings (SSSR count). The van der Waals surface area contributed by atoms with Crippen LogP contribution in [0.1, 0.15) is 53.4 Å². The summed E-state index contributed by atoms with van der Waals surface area (Å²) in [4.78, 5) is 4.49. The smallest absolute Gasteiger partial charge is 0.191 e. The van der Waals surface area contributed by atoms with E-state index >= 15 is 0 Å². The van der Waals surface area contributed by atoms with E-state index < -0.39 is 0 Å². The van der Waals surface area contributed by atoms with Crippen molar-refractivity contribution in [1.82, 2.24) is 10.6 Å². The predicted octanol–water partition coefficient (Wildman–Crippen LogP) is 2.76. The second-order valence-corrected chi connectivity index (χ2v) is 5.05. The minimum absolute atomic E-state index is 0. The van der Waals surface area contributed by atoms with Gasteiger partial charge in [0.25, 0.3) is 0 Å². The van der Waals surface area contributed by atoms with Crippen LogP contribution in [0.2, 0.25) is 0 Å². The molecule has 0 heterocycles. The maximum Gasteiger partial charge on any atom is 0.191 e. The van der Waals surface area contributed by atoms with Crippen LogP contribution in [0.25, 0.3) is 0 Å². The first-order valence-corrected chi connectivity index (χ1v) is 7.29. The Balaban J connectivity index is 0. The van der Waals surface area contributed by atoms with Crippen LogP contribution < -0.4 is 10.6 Å². The van der Waals surface area contributed by atoms with Crippen LogP contribution in [0.15, 0.2) is 4.99 Å². The van der Waals surface area contributed by atoms with Gasteiger partial charge >= 0.3 is 0 Å². The fourth-order valence-corrected chi connectivity index (χ4v) is 1.63. The predicted molar refractivity (Wildman–Crippen MR) is 94.4 cm³/mol. The van der Waals surface area contributed by atoms with Crippen LogP contribution in [-0.2, 0) is 0 Å². The molecule has 19 heavy (non-hydrogen) atoms. The molecule has 0 aliphatic heterocycles. The molecule has 0 amide bonds. The largest absolute Gasteiger partial charge is 0.396 e. The first-order chi connectivity index (χ1) is 8.63. The Morgan fingerprint density at radius 2 is 1.89 bits per heavy atom. The van der Waals surface area contributed by atoms with Crippen molar-refractivity contribution in [2.24, 2.45) is 10.9 Å². The molecule has 5 heteroatoms. The Morgan fingerprint density at radius 1 is 1.21 bits per heavy atom. The molecule has 0 fully saturated rings. The number of hydrogen-bond acceptors (Lipinski definition) is 2. The summed E-state index contributed by atoms with van der Waals surface area (Å²) in [7, 11) is 0. The van der Waals surface area contributed by atoms with E-state index in [2.05, 4.69) is 36.4 Å². The summed E-state index contributed by atoms with van der Waals surface area (Å²) in [5.74, 6) is 1.08.